The first-order valence-corrected chi connectivity index (χ1v) is 7.76. The maximum atomic E-state index is 12.2. The highest BCUT2D eigenvalue weighted by atomic mass is 16.5. The van der Waals surface area contributed by atoms with Crippen LogP contribution in [0.15, 0.2) is 30.3 Å². The normalized spacial score (nSPS) is 13.3. The molecule has 24 heavy (non-hydrogen) atoms. The van der Waals surface area contributed by atoms with E-state index < -0.39 is 30.1 Å². The summed E-state index contributed by atoms with van der Waals surface area (Å²) in [6, 6.07) is 7.58. The predicted molar refractivity (Wildman–Crippen MR) is 91.5 cm³/mol. The van der Waals surface area contributed by atoms with Gasteiger partial charge in [0.25, 0.3) is 5.91 Å². The fourth-order valence-corrected chi connectivity index (χ4v) is 2.27. The van der Waals surface area contributed by atoms with E-state index in [4.69, 9.17) is 4.74 Å². The number of rotatable bonds is 6. The van der Waals surface area contributed by atoms with Crippen LogP contribution < -0.4 is 10.6 Å². The number of nitrogens with zero attached hydrogens (tertiary/aromatic N) is 1. The average molecular weight is 335 g/mol. The molecule has 132 valence electrons. The highest BCUT2D eigenvalue weighted by Gasteiger charge is 2.29. The van der Waals surface area contributed by atoms with E-state index in [0.717, 1.165) is 0 Å². The predicted octanol–water partition coefficient (Wildman–Crippen LogP) is 1.85. The lowest BCUT2D eigenvalue weighted by Gasteiger charge is -2.27. The van der Waals surface area contributed by atoms with Gasteiger partial charge >= 0.3 is 12.0 Å². The number of likely N-dealkylation sites (N-methyl/N-ethyl adjacent to an activating group) is 1. The number of benzene rings is 1. The highest BCUT2D eigenvalue weighted by Crippen LogP contribution is 2.11. The summed E-state index contributed by atoms with van der Waals surface area (Å²) >= 11 is 0. The lowest BCUT2D eigenvalue weighted by molar-refractivity contribution is -0.160. The summed E-state index contributed by atoms with van der Waals surface area (Å²) in [6.45, 7) is 5.21. The Morgan fingerprint density at radius 3 is 2.12 bits per heavy atom. The molecule has 0 saturated carbocycles. The Kier molecular flexibility index (Phi) is 7.38. The summed E-state index contributed by atoms with van der Waals surface area (Å²) in [6.07, 6.45) is -1.07. The number of hydrogen-bond acceptors (Lipinski definition) is 5. The van der Waals surface area contributed by atoms with Crippen LogP contribution in [0.2, 0.25) is 0 Å². The van der Waals surface area contributed by atoms with E-state index in [0.29, 0.717) is 5.69 Å². The van der Waals surface area contributed by atoms with Crippen molar-refractivity contribution in [3.05, 3.63) is 30.3 Å². The van der Waals surface area contributed by atoms with Crippen LogP contribution in [0, 0.1) is 5.92 Å². The van der Waals surface area contributed by atoms with Crippen LogP contribution in [0.4, 0.5) is 10.5 Å². The maximum Gasteiger partial charge on any atom is 0.325 e. The monoisotopic (exact) mass is 335 g/mol. The van der Waals surface area contributed by atoms with Crippen molar-refractivity contribution in [1.29, 1.82) is 0 Å². The standard InChI is InChI=1S/C17H25N3O4/c1-11(2)14(20(4)5)16(22)24-12(3)15(21)19-17(23)18-13-9-7-6-8-10-13/h6-12,14H,1-5H3,(H2,18,19,21,23). The summed E-state index contributed by atoms with van der Waals surface area (Å²) in [5, 5.41) is 4.67. The third-order valence-electron chi connectivity index (χ3n) is 3.36. The molecule has 0 spiro atoms. The molecule has 0 aliphatic carbocycles. The van der Waals surface area contributed by atoms with Crippen LogP contribution in [-0.4, -0.2) is 49.0 Å². The smallest absolute Gasteiger partial charge is 0.325 e. The molecule has 1 aromatic rings. The van der Waals surface area contributed by atoms with Gasteiger partial charge in [0.15, 0.2) is 6.10 Å². The fraction of sp³-hybridized carbons (Fsp3) is 0.471. The molecule has 7 heteroatoms. The second-order valence-electron chi connectivity index (χ2n) is 6.04. The number of esters is 1. The van der Waals surface area contributed by atoms with Crippen molar-refractivity contribution in [2.75, 3.05) is 19.4 Å². The molecule has 0 aliphatic rings. The Morgan fingerprint density at radius 2 is 1.62 bits per heavy atom. The van der Waals surface area contributed by atoms with Gasteiger partial charge in [0.2, 0.25) is 0 Å². The fourth-order valence-electron chi connectivity index (χ4n) is 2.27. The van der Waals surface area contributed by atoms with Crippen molar-refractivity contribution in [3.63, 3.8) is 0 Å². The van der Waals surface area contributed by atoms with Crippen molar-refractivity contribution < 1.29 is 19.1 Å². The molecular formula is C17H25N3O4. The number of amides is 3. The van der Waals surface area contributed by atoms with Gasteiger partial charge in [-0.05, 0) is 39.1 Å². The van der Waals surface area contributed by atoms with Gasteiger partial charge in [-0.2, -0.15) is 0 Å². The van der Waals surface area contributed by atoms with Gasteiger partial charge in [0, 0.05) is 5.69 Å². The number of ether oxygens (including phenoxy) is 1. The molecule has 2 N–H and O–H groups in total. The Hall–Kier alpha value is -2.41. The Balaban J connectivity index is 2.55. The Morgan fingerprint density at radius 1 is 1.04 bits per heavy atom. The summed E-state index contributed by atoms with van der Waals surface area (Å²) in [7, 11) is 3.54. The van der Waals surface area contributed by atoms with Crippen molar-refractivity contribution in [2.24, 2.45) is 5.92 Å². The lowest BCUT2D eigenvalue weighted by Crippen LogP contribution is -2.46. The molecular weight excluding hydrogens is 310 g/mol. The number of urea groups is 1. The molecule has 2 atom stereocenters. The molecule has 1 rings (SSSR count). The molecule has 7 nitrogen and oxygen atoms in total. The zero-order chi connectivity index (χ0) is 18.3. The number of hydrogen-bond donors (Lipinski definition) is 2. The van der Waals surface area contributed by atoms with Gasteiger partial charge in [0.1, 0.15) is 6.04 Å². The van der Waals surface area contributed by atoms with E-state index in [2.05, 4.69) is 10.6 Å². The van der Waals surface area contributed by atoms with Gasteiger partial charge in [-0.1, -0.05) is 32.0 Å². The van der Waals surface area contributed by atoms with E-state index >= 15 is 0 Å². The first-order chi connectivity index (χ1) is 11.2. The SMILES string of the molecule is CC(OC(=O)C(C(C)C)N(C)C)C(=O)NC(=O)Nc1ccccc1. The molecule has 3 amide bonds. The molecule has 0 aromatic heterocycles. The van der Waals surface area contributed by atoms with Gasteiger partial charge in [0.05, 0.1) is 0 Å². The van der Waals surface area contributed by atoms with E-state index in [1.165, 1.54) is 6.92 Å². The summed E-state index contributed by atoms with van der Waals surface area (Å²) in [5.41, 5.74) is 0.555. The second-order valence-corrected chi connectivity index (χ2v) is 6.04. The third-order valence-corrected chi connectivity index (χ3v) is 3.36. The minimum atomic E-state index is -1.07. The van der Waals surface area contributed by atoms with Gasteiger partial charge in [-0.3, -0.25) is 19.8 Å². The summed E-state index contributed by atoms with van der Waals surface area (Å²) < 4.78 is 5.18. The maximum absolute atomic E-state index is 12.2. The van der Waals surface area contributed by atoms with E-state index in [-0.39, 0.29) is 5.92 Å². The summed E-state index contributed by atoms with van der Waals surface area (Å²) in [5.74, 6) is -1.15. The molecule has 0 fully saturated rings. The quantitative estimate of drug-likeness (QED) is 0.775. The van der Waals surface area contributed by atoms with Crippen LogP contribution >= 0.6 is 0 Å². The van der Waals surface area contributed by atoms with Crippen LogP contribution in [0.3, 0.4) is 0 Å². The zero-order valence-corrected chi connectivity index (χ0v) is 14.7. The first kappa shape index (κ1) is 19.6. The number of nitrogens with one attached hydrogen (secondary N) is 2. The number of anilines is 1. The van der Waals surface area contributed by atoms with E-state index in [9.17, 15) is 14.4 Å². The van der Waals surface area contributed by atoms with Crippen LogP contribution in [-0.2, 0) is 14.3 Å². The first-order valence-electron chi connectivity index (χ1n) is 7.76. The third kappa shape index (κ3) is 6.00. The topological polar surface area (TPSA) is 87.7 Å². The lowest BCUT2D eigenvalue weighted by atomic mass is 10.0. The minimum Gasteiger partial charge on any atom is -0.451 e. The van der Waals surface area contributed by atoms with Gasteiger partial charge in [-0.25, -0.2) is 4.79 Å². The van der Waals surface area contributed by atoms with E-state index in [1.807, 2.05) is 19.9 Å². The van der Waals surface area contributed by atoms with Gasteiger partial charge in [-0.15, -0.1) is 0 Å². The van der Waals surface area contributed by atoms with Crippen LogP contribution in [0.1, 0.15) is 20.8 Å². The van der Waals surface area contributed by atoms with Crippen molar-refractivity contribution in [1.82, 2.24) is 10.2 Å². The zero-order valence-electron chi connectivity index (χ0n) is 14.7. The number of carbonyl (C=O) groups is 3. The largest absolute Gasteiger partial charge is 0.451 e. The van der Waals surface area contributed by atoms with Crippen LogP contribution in [0.5, 0.6) is 0 Å². The molecule has 0 heterocycles. The number of para-hydroxylation sites is 1. The van der Waals surface area contributed by atoms with E-state index in [1.54, 1.807) is 43.3 Å². The molecule has 0 saturated heterocycles. The molecule has 0 bridgehead atoms. The molecule has 1 aromatic carbocycles. The Labute approximate surface area is 142 Å². The van der Waals surface area contributed by atoms with Crippen molar-refractivity contribution in [3.8, 4) is 0 Å². The van der Waals surface area contributed by atoms with Crippen molar-refractivity contribution >= 4 is 23.6 Å². The number of carbonyl (C=O) groups excluding carboxylic acids is 3. The number of imide groups is 1. The summed E-state index contributed by atoms with van der Waals surface area (Å²) in [4.78, 5) is 37.7. The van der Waals surface area contributed by atoms with Crippen LogP contribution in [0.25, 0.3) is 0 Å². The molecule has 0 aliphatic heterocycles. The Bertz CT molecular complexity index is 564. The minimum absolute atomic E-state index is 0.0316. The highest BCUT2D eigenvalue weighted by molar-refractivity contribution is 6.02. The van der Waals surface area contributed by atoms with Gasteiger partial charge < -0.3 is 10.1 Å². The second kappa shape index (κ2) is 9.02. The van der Waals surface area contributed by atoms with Crippen molar-refractivity contribution in [2.45, 2.75) is 32.9 Å². The molecule has 2 unspecified atom stereocenters. The average Bonchev–Trinajstić information content (AvgIpc) is 2.46. The molecule has 0 radical (unpaired) electrons.